The molecule has 1 aliphatic heterocycles. The van der Waals surface area contributed by atoms with Gasteiger partial charge in [0.05, 0.1) is 11.8 Å². The summed E-state index contributed by atoms with van der Waals surface area (Å²) in [6.07, 6.45) is 6.36. The Morgan fingerprint density at radius 1 is 1.31 bits per heavy atom. The second-order valence-electron chi connectivity index (χ2n) is 7.94. The van der Waals surface area contributed by atoms with Crippen molar-refractivity contribution in [2.75, 3.05) is 19.6 Å². The standard InChI is InChI=1S/C21H29N5O3/c1-15-6-3-4-10-24(15)12-9-22-20(27)7-5-11-25-21(28)18-14-19-17(8-13-29-19)26(18)16(2)23-25/h8,13-15H,3-7,9-12H2,1-2H3,(H,22,27)/t15-/m0/s1. The van der Waals surface area contributed by atoms with Crippen molar-refractivity contribution in [3.8, 4) is 0 Å². The maximum Gasteiger partial charge on any atom is 0.291 e. The molecule has 0 radical (unpaired) electrons. The van der Waals surface area contributed by atoms with E-state index in [-0.39, 0.29) is 11.5 Å². The van der Waals surface area contributed by atoms with Gasteiger partial charge in [-0.05, 0) is 39.7 Å². The summed E-state index contributed by atoms with van der Waals surface area (Å²) in [6, 6.07) is 4.18. The number of furan rings is 1. The molecule has 1 fully saturated rings. The number of nitrogens with zero attached hydrogens (tertiary/aromatic N) is 4. The van der Waals surface area contributed by atoms with Gasteiger partial charge in [0, 0.05) is 44.2 Å². The molecule has 1 aliphatic rings. The summed E-state index contributed by atoms with van der Waals surface area (Å²) in [5, 5.41) is 7.42. The zero-order valence-electron chi connectivity index (χ0n) is 17.2. The molecule has 29 heavy (non-hydrogen) atoms. The van der Waals surface area contributed by atoms with Crippen LogP contribution in [0.15, 0.2) is 27.6 Å². The van der Waals surface area contributed by atoms with Gasteiger partial charge in [0.2, 0.25) is 5.91 Å². The van der Waals surface area contributed by atoms with Gasteiger partial charge in [0.15, 0.2) is 5.58 Å². The van der Waals surface area contributed by atoms with Crippen LogP contribution >= 0.6 is 0 Å². The molecule has 156 valence electrons. The Balaban J connectivity index is 1.30. The van der Waals surface area contributed by atoms with E-state index >= 15 is 0 Å². The largest absolute Gasteiger partial charge is 0.463 e. The minimum atomic E-state index is -0.165. The number of likely N-dealkylation sites (tertiary alicyclic amines) is 1. The summed E-state index contributed by atoms with van der Waals surface area (Å²) in [4.78, 5) is 27.3. The number of aromatic nitrogens is 3. The Kier molecular flexibility index (Phi) is 5.71. The molecule has 0 aromatic carbocycles. The van der Waals surface area contributed by atoms with Crippen LogP contribution in [0.2, 0.25) is 0 Å². The third-order valence-electron chi connectivity index (χ3n) is 5.90. The highest BCUT2D eigenvalue weighted by Gasteiger charge is 2.18. The minimum Gasteiger partial charge on any atom is -0.463 e. The average molecular weight is 399 g/mol. The summed E-state index contributed by atoms with van der Waals surface area (Å²) < 4.78 is 8.66. The fourth-order valence-corrected chi connectivity index (χ4v) is 4.29. The Bertz CT molecular complexity index is 1060. The molecule has 1 N–H and O–H groups in total. The predicted molar refractivity (Wildman–Crippen MR) is 111 cm³/mol. The first kappa shape index (κ1) is 19.7. The highest BCUT2D eigenvalue weighted by molar-refractivity contribution is 5.82. The smallest absolute Gasteiger partial charge is 0.291 e. The molecule has 0 unspecified atom stereocenters. The average Bonchev–Trinajstić information content (AvgIpc) is 3.28. The number of amides is 1. The van der Waals surface area contributed by atoms with E-state index in [0.717, 1.165) is 24.4 Å². The highest BCUT2D eigenvalue weighted by atomic mass is 16.3. The highest BCUT2D eigenvalue weighted by Crippen LogP contribution is 2.20. The van der Waals surface area contributed by atoms with Crippen LogP contribution in [0.3, 0.4) is 0 Å². The van der Waals surface area contributed by atoms with Crippen molar-refractivity contribution in [3.63, 3.8) is 0 Å². The predicted octanol–water partition coefficient (Wildman–Crippen LogP) is 2.32. The molecule has 4 heterocycles. The molecule has 8 heteroatoms. The number of hydrogen-bond acceptors (Lipinski definition) is 5. The molecule has 4 rings (SSSR count). The first-order valence-electron chi connectivity index (χ1n) is 10.5. The SMILES string of the molecule is Cc1nn(CCCC(=O)NCCN2CCCC[C@@H]2C)c(=O)c2cc3occc3n12. The van der Waals surface area contributed by atoms with Crippen LogP contribution in [0.5, 0.6) is 0 Å². The van der Waals surface area contributed by atoms with E-state index in [1.807, 2.05) is 17.4 Å². The molecule has 0 bridgehead atoms. The lowest BCUT2D eigenvalue weighted by atomic mass is 10.0. The molecule has 1 amide bonds. The van der Waals surface area contributed by atoms with Gasteiger partial charge in [-0.15, -0.1) is 0 Å². The van der Waals surface area contributed by atoms with Crippen molar-refractivity contribution >= 4 is 22.5 Å². The van der Waals surface area contributed by atoms with E-state index in [1.54, 1.807) is 12.3 Å². The molecule has 1 saturated heterocycles. The van der Waals surface area contributed by atoms with E-state index in [9.17, 15) is 9.59 Å². The van der Waals surface area contributed by atoms with Crippen LogP contribution in [0.25, 0.3) is 16.6 Å². The molecule has 8 nitrogen and oxygen atoms in total. The van der Waals surface area contributed by atoms with Gasteiger partial charge in [0.25, 0.3) is 5.56 Å². The zero-order chi connectivity index (χ0) is 20.4. The molecule has 3 aromatic heterocycles. The lowest BCUT2D eigenvalue weighted by molar-refractivity contribution is -0.121. The minimum absolute atomic E-state index is 0.0284. The Morgan fingerprint density at radius 3 is 3.00 bits per heavy atom. The number of piperidine rings is 1. The van der Waals surface area contributed by atoms with E-state index < -0.39 is 0 Å². The van der Waals surface area contributed by atoms with Crippen LogP contribution in [0, 0.1) is 6.92 Å². The quantitative estimate of drug-likeness (QED) is 0.659. The van der Waals surface area contributed by atoms with Crippen LogP contribution in [0.4, 0.5) is 0 Å². The Morgan fingerprint density at radius 2 is 2.17 bits per heavy atom. The number of carbonyl (C=O) groups is 1. The maximum atomic E-state index is 12.7. The summed E-state index contributed by atoms with van der Waals surface area (Å²) in [7, 11) is 0. The van der Waals surface area contributed by atoms with E-state index in [4.69, 9.17) is 4.42 Å². The summed E-state index contributed by atoms with van der Waals surface area (Å²) >= 11 is 0. The summed E-state index contributed by atoms with van der Waals surface area (Å²) in [5.41, 5.74) is 1.90. The van der Waals surface area contributed by atoms with Gasteiger partial charge in [-0.2, -0.15) is 5.10 Å². The van der Waals surface area contributed by atoms with Crippen molar-refractivity contribution in [2.24, 2.45) is 0 Å². The number of rotatable bonds is 7. The van der Waals surface area contributed by atoms with Crippen LogP contribution < -0.4 is 10.9 Å². The molecule has 0 aliphatic carbocycles. The molecular weight excluding hydrogens is 370 g/mol. The number of fused-ring (bicyclic) bond motifs is 3. The van der Waals surface area contributed by atoms with Gasteiger partial charge in [-0.3, -0.25) is 18.9 Å². The van der Waals surface area contributed by atoms with E-state index in [0.29, 0.717) is 43.1 Å². The third-order valence-corrected chi connectivity index (χ3v) is 5.90. The van der Waals surface area contributed by atoms with Crippen molar-refractivity contribution in [1.82, 2.24) is 24.4 Å². The zero-order valence-corrected chi connectivity index (χ0v) is 17.2. The molecule has 0 spiro atoms. The van der Waals surface area contributed by atoms with Crippen LogP contribution in [-0.2, 0) is 11.3 Å². The molecule has 1 atom stereocenters. The van der Waals surface area contributed by atoms with Crippen molar-refractivity contribution in [2.45, 2.75) is 58.5 Å². The van der Waals surface area contributed by atoms with Gasteiger partial charge < -0.3 is 9.73 Å². The topological polar surface area (TPSA) is 84.8 Å². The van der Waals surface area contributed by atoms with Gasteiger partial charge >= 0.3 is 0 Å². The van der Waals surface area contributed by atoms with Gasteiger partial charge in [-0.1, -0.05) is 6.42 Å². The first-order valence-corrected chi connectivity index (χ1v) is 10.5. The van der Waals surface area contributed by atoms with Crippen LogP contribution in [0.1, 0.15) is 44.9 Å². The Hall–Kier alpha value is -2.61. The van der Waals surface area contributed by atoms with Gasteiger partial charge in [0.1, 0.15) is 11.3 Å². The third kappa shape index (κ3) is 4.07. The van der Waals surface area contributed by atoms with E-state index in [2.05, 4.69) is 22.2 Å². The van der Waals surface area contributed by atoms with Crippen molar-refractivity contribution in [1.29, 1.82) is 0 Å². The molecular formula is C21H29N5O3. The second-order valence-corrected chi connectivity index (χ2v) is 7.94. The maximum absolute atomic E-state index is 12.7. The normalized spacial score (nSPS) is 17.9. The molecule has 3 aromatic rings. The number of hydrogen-bond donors (Lipinski definition) is 1. The van der Waals surface area contributed by atoms with Crippen molar-refractivity contribution < 1.29 is 9.21 Å². The van der Waals surface area contributed by atoms with Crippen molar-refractivity contribution in [3.05, 3.63) is 34.6 Å². The second kappa shape index (κ2) is 8.41. The summed E-state index contributed by atoms with van der Waals surface area (Å²) in [6.45, 7) is 7.24. The number of aryl methyl sites for hydroxylation is 2. The summed E-state index contributed by atoms with van der Waals surface area (Å²) in [5.74, 6) is 0.747. The fourth-order valence-electron chi connectivity index (χ4n) is 4.29. The van der Waals surface area contributed by atoms with Gasteiger partial charge in [-0.25, -0.2) is 4.68 Å². The molecule has 0 saturated carbocycles. The fraction of sp³-hybridized carbons (Fsp3) is 0.571. The lowest BCUT2D eigenvalue weighted by Gasteiger charge is -2.33. The monoisotopic (exact) mass is 399 g/mol. The van der Waals surface area contributed by atoms with Crippen LogP contribution in [-0.4, -0.2) is 50.7 Å². The first-order chi connectivity index (χ1) is 14.0. The Labute approximate surface area is 169 Å². The number of carbonyl (C=O) groups excluding carboxylic acids is 1. The van der Waals surface area contributed by atoms with E-state index in [1.165, 1.54) is 23.9 Å². The lowest BCUT2D eigenvalue weighted by Crippen LogP contribution is -2.42. The number of nitrogens with one attached hydrogen (secondary N) is 1.